The molecule has 6 heteroatoms. The summed E-state index contributed by atoms with van der Waals surface area (Å²) in [5.41, 5.74) is -0.192. The Morgan fingerprint density at radius 1 is 1.43 bits per heavy atom. The van der Waals surface area contributed by atoms with Crippen molar-refractivity contribution in [3.8, 4) is 5.75 Å². The van der Waals surface area contributed by atoms with Crippen molar-refractivity contribution in [3.05, 3.63) is 23.0 Å². The minimum absolute atomic E-state index is 0.00356. The molecule has 1 rings (SSSR count). The van der Waals surface area contributed by atoms with Crippen LogP contribution in [0.15, 0.2) is 6.07 Å². The molecule has 0 fully saturated rings. The van der Waals surface area contributed by atoms with Gasteiger partial charge in [0.2, 0.25) is 0 Å². The summed E-state index contributed by atoms with van der Waals surface area (Å²) >= 11 is 3.01. The lowest BCUT2D eigenvalue weighted by molar-refractivity contribution is 0.149. The summed E-state index contributed by atoms with van der Waals surface area (Å²) in [7, 11) is 0. The molecular formula is C8H8BrF2NO2. The smallest absolute Gasteiger partial charge is 0.265 e. The van der Waals surface area contributed by atoms with E-state index in [-0.39, 0.29) is 22.3 Å². The number of halogens is 3. The molecule has 0 radical (unpaired) electrons. The molecule has 78 valence electrons. The molecule has 0 aliphatic heterocycles. The molecule has 0 aliphatic rings. The van der Waals surface area contributed by atoms with Crippen LogP contribution in [-0.4, -0.2) is 15.2 Å². The van der Waals surface area contributed by atoms with Gasteiger partial charge in [0.05, 0.1) is 12.3 Å². The zero-order valence-electron chi connectivity index (χ0n) is 7.04. The lowest BCUT2D eigenvalue weighted by atomic mass is 10.2. The fourth-order valence-corrected chi connectivity index (χ4v) is 1.46. The predicted octanol–water partition coefficient (Wildman–Crippen LogP) is 2.11. The Morgan fingerprint density at radius 3 is 2.50 bits per heavy atom. The molecule has 0 unspecified atom stereocenters. The first-order valence-corrected chi connectivity index (χ1v) is 4.89. The summed E-state index contributed by atoms with van der Waals surface area (Å²) in [4.78, 5) is 3.70. The van der Waals surface area contributed by atoms with E-state index < -0.39 is 18.8 Å². The first kappa shape index (κ1) is 11.3. The van der Waals surface area contributed by atoms with Gasteiger partial charge in [-0.3, -0.25) is 4.98 Å². The van der Waals surface area contributed by atoms with Crippen LogP contribution in [0.5, 0.6) is 5.75 Å². The van der Waals surface area contributed by atoms with Crippen molar-refractivity contribution in [1.82, 2.24) is 4.98 Å². The second-order valence-electron chi connectivity index (χ2n) is 2.58. The largest absolute Gasteiger partial charge is 0.506 e. The van der Waals surface area contributed by atoms with E-state index in [1.807, 2.05) is 0 Å². The van der Waals surface area contributed by atoms with Crippen molar-refractivity contribution >= 4 is 15.9 Å². The number of nitrogens with zero attached hydrogens (tertiary/aromatic N) is 1. The average molecular weight is 268 g/mol. The Kier molecular flexibility index (Phi) is 3.77. The van der Waals surface area contributed by atoms with Crippen molar-refractivity contribution < 1.29 is 19.0 Å². The third kappa shape index (κ3) is 2.19. The number of aliphatic hydroxyl groups excluding tert-OH is 1. The average Bonchev–Trinajstić information content (AvgIpc) is 2.17. The molecule has 0 saturated heterocycles. The Labute approximate surface area is 87.5 Å². The first-order valence-electron chi connectivity index (χ1n) is 3.76. The Bertz CT molecular complexity index is 333. The number of pyridine rings is 1. The summed E-state index contributed by atoms with van der Waals surface area (Å²) < 4.78 is 24.8. The number of alkyl halides is 3. The van der Waals surface area contributed by atoms with Crippen LogP contribution in [0, 0.1) is 0 Å². The van der Waals surface area contributed by atoms with Gasteiger partial charge < -0.3 is 10.2 Å². The van der Waals surface area contributed by atoms with Crippen LogP contribution >= 0.6 is 15.9 Å². The molecule has 0 amide bonds. The second kappa shape index (κ2) is 4.65. The Morgan fingerprint density at radius 2 is 2.07 bits per heavy atom. The molecule has 1 heterocycles. The highest BCUT2D eigenvalue weighted by molar-refractivity contribution is 9.08. The maximum Gasteiger partial charge on any atom is 0.265 e. The van der Waals surface area contributed by atoms with Crippen LogP contribution in [0.1, 0.15) is 23.4 Å². The van der Waals surface area contributed by atoms with Gasteiger partial charge in [0.15, 0.2) is 0 Å². The molecule has 1 aromatic rings. The zero-order chi connectivity index (χ0) is 10.7. The number of aliphatic hydroxyl groups is 1. The maximum absolute atomic E-state index is 12.4. The Balaban J connectivity index is 3.24. The maximum atomic E-state index is 12.4. The van der Waals surface area contributed by atoms with Crippen LogP contribution in [0.3, 0.4) is 0 Å². The quantitative estimate of drug-likeness (QED) is 0.825. The number of aromatic hydroxyl groups is 1. The summed E-state index contributed by atoms with van der Waals surface area (Å²) in [5.74, 6) is -0.410. The zero-order valence-corrected chi connectivity index (χ0v) is 8.63. The van der Waals surface area contributed by atoms with E-state index in [0.29, 0.717) is 0 Å². The van der Waals surface area contributed by atoms with Crippen LogP contribution in [0.25, 0.3) is 0 Å². The van der Waals surface area contributed by atoms with Crippen LogP contribution in [-0.2, 0) is 11.9 Å². The monoisotopic (exact) mass is 267 g/mol. The van der Waals surface area contributed by atoms with E-state index in [4.69, 9.17) is 5.11 Å². The molecule has 0 aromatic carbocycles. The van der Waals surface area contributed by atoms with E-state index in [0.717, 1.165) is 6.07 Å². The highest BCUT2D eigenvalue weighted by atomic mass is 79.9. The van der Waals surface area contributed by atoms with E-state index >= 15 is 0 Å². The van der Waals surface area contributed by atoms with Gasteiger partial charge in [-0.1, -0.05) is 15.9 Å². The fourth-order valence-electron chi connectivity index (χ4n) is 1.01. The predicted molar refractivity (Wildman–Crippen MR) is 49.4 cm³/mol. The van der Waals surface area contributed by atoms with E-state index in [1.165, 1.54) is 0 Å². The van der Waals surface area contributed by atoms with Gasteiger partial charge in [0.25, 0.3) is 6.43 Å². The molecule has 0 spiro atoms. The Hall–Kier alpha value is -0.750. The molecule has 0 bridgehead atoms. The van der Waals surface area contributed by atoms with Crippen molar-refractivity contribution in [2.24, 2.45) is 0 Å². The highest BCUT2D eigenvalue weighted by Gasteiger charge is 2.16. The lowest BCUT2D eigenvalue weighted by Crippen LogP contribution is -2.00. The molecule has 0 atom stereocenters. The van der Waals surface area contributed by atoms with E-state index in [2.05, 4.69) is 20.9 Å². The van der Waals surface area contributed by atoms with Crippen LogP contribution < -0.4 is 0 Å². The van der Waals surface area contributed by atoms with Crippen molar-refractivity contribution in [3.63, 3.8) is 0 Å². The SMILES string of the molecule is OCc1nc(CBr)c(C(F)F)cc1O. The minimum Gasteiger partial charge on any atom is -0.506 e. The normalized spacial score (nSPS) is 10.9. The fraction of sp³-hybridized carbons (Fsp3) is 0.375. The number of rotatable bonds is 3. The van der Waals surface area contributed by atoms with Gasteiger partial charge in [0, 0.05) is 10.9 Å². The summed E-state index contributed by atoms with van der Waals surface area (Å²) in [5, 5.41) is 18.1. The van der Waals surface area contributed by atoms with Gasteiger partial charge in [-0.05, 0) is 6.07 Å². The molecule has 0 aliphatic carbocycles. The number of hydrogen-bond donors (Lipinski definition) is 2. The van der Waals surface area contributed by atoms with Crippen LogP contribution in [0.4, 0.5) is 8.78 Å². The lowest BCUT2D eigenvalue weighted by Gasteiger charge is -2.08. The third-order valence-corrected chi connectivity index (χ3v) is 2.23. The van der Waals surface area contributed by atoms with Crippen molar-refractivity contribution in [2.45, 2.75) is 18.4 Å². The highest BCUT2D eigenvalue weighted by Crippen LogP contribution is 2.28. The second-order valence-corrected chi connectivity index (χ2v) is 3.14. The summed E-state index contributed by atoms with van der Waals surface area (Å²) in [6, 6.07) is 0.930. The topological polar surface area (TPSA) is 53.4 Å². The van der Waals surface area contributed by atoms with Crippen LogP contribution in [0.2, 0.25) is 0 Å². The van der Waals surface area contributed by atoms with E-state index in [9.17, 15) is 13.9 Å². The molecule has 1 aromatic heterocycles. The molecule has 14 heavy (non-hydrogen) atoms. The minimum atomic E-state index is -2.69. The molecule has 0 saturated carbocycles. The molecular weight excluding hydrogens is 260 g/mol. The van der Waals surface area contributed by atoms with Gasteiger partial charge in [-0.2, -0.15) is 0 Å². The molecule has 2 N–H and O–H groups in total. The van der Waals surface area contributed by atoms with E-state index in [1.54, 1.807) is 0 Å². The first-order chi connectivity index (χ1) is 6.60. The van der Waals surface area contributed by atoms with Gasteiger partial charge in [0.1, 0.15) is 11.4 Å². The summed E-state index contributed by atoms with van der Waals surface area (Å²) in [6.07, 6.45) is -2.69. The summed E-state index contributed by atoms with van der Waals surface area (Å²) in [6.45, 7) is -0.477. The van der Waals surface area contributed by atoms with Crippen molar-refractivity contribution in [2.75, 3.05) is 0 Å². The van der Waals surface area contributed by atoms with Gasteiger partial charge in [-0.25, -0.2) is 8.78 Å². The van der Waals surface area contributed by atoms with Gasteiger partial charge >= 0.3 is 0 Å². The number of aromatic nitrogens is 1. The van der Waals surface area contributed by atoms with Gasteiger partial charge in [-0.15, -0.1) is 0 Å². The standard InChI is InChI=1S/C8H8BrF2NO2/c9-2-5-4(8(10)11)1-7(14)6(3-13)12-5/h1,8,13-14H,2-3H2. The third-order valence-electron chi connectivity index (χ3n) is 1.70. The number of hydrogen-bond acceptors (Lipinski definition) is 3. The molecule has 3 nitrogen and oxygen atoms in total. The van der Waals surface area contributed by atoms with Crippen molar-refractivity contribution in [1.29, 1.82) is 0 Å².